The van der Waals surface area contributed by atoms with Gasteiger partial charge in [0.15, 0.2) is 18.1 Å². The molecule has 26 heavy (non-hydrogen) atoms. The number of hydrogen-bond donors (Lipinski definition) is 2. The molecule has 1 fully saturated rings. The van der Waals surface area contributed by atoms with Crippen LogP contribution in [0.5, 0.6) is 11.5 Å². The molecule has 1 aliphatic heterocycles. The van der Waals surface area contributed by atoms with Crippen molar-refractivity contribution in [2.75, 3.05) is 19.8 Å². The van der Waals surface area contributed by atoms with Gasteiger partial charge in [-0.1, -0.05) is 0 Å². The lowest BCUT2D eigenvalue weighted by Crippen LogP contribution is -2.45. The van der Waals surface area contributed by atoms with Gasteiger partial charge in [0, 0.05) is 24.6 Å². The number of amides is 2. The molecule has 1 aliphatic rings. The van der Waals surface area contributed by atoms with E-state index >= 15 is 0 Å². The van der Waals surface area contributed by atoms with Gasteiger partial charge in [-0.15, -0.1) is 0 Å². The summed E-state index contributed by atoms with van der Waals surface area (Å²) in [5.41, 5.74) is 5.70. The second-order valence-corrected chi connectivity index (χ2v) is 6.10. The van der Waals surface area contributed by atoms with Crippen molar-refractivity contribution in [1.82, 2.24) is 4.90 Å². The van der Waals surface area contributed by atoms with Gasteiger partial charge in [-0.25, -0.2) is 4.79 Å². The molecule has 2 rings (SSSR count). The van der Waals surface area contributed by atoms with Gasteiger partial charge in [-0.05, 0) is 44.4 Å². The highest BCUT2D eigenvalue weighted by Crippen LogP contribution is 2.30. The van der Waals surface area contributed by atoms with E-state index in [0.717, 1.165) is 19.3 Å². The number of carboxylic acids is 1. The topological polar surface area (TPSA) is 119 Å². The van der Waals surface area contributed by atoms with E-state index in [0.29, 0.717) is 24.5 Å². The Bertz CT molecular complexity index is 676. The molecule has 0 spiro atoms. The van der Waals surface area contributed by atoms with E-state index in [-0.39, 0.29) is 24.1 Å². The normalized spacial score (nSPS) is 16.8. The van der Waals surface area contributed by atoms with Crippen molar-refractivity contribution >= 4 is 17.8 Å². The van der Waals surface area contributed by atoms with Crippen molar-refractivity contribution < 1.29 is 29.0 Å². The number of nitrogens with two attached hydrogens (primary N) is 1. The summed E-state index contributed by atoms with van der Waals surface area (Å²) in [6, 6.07) is 4.43. The number of piperidine rings is 1. The molecule has 1 atom stereocenters. The molecule has 0 saturated carbocycles. The van der Waals surface area contributed by atoms with Gasteiger partial charge in [-0.2, -0.15) is 0 Å². The maximum Gasteiger partial charge on any atom is 0.341 e. The predicted molar refractivity (Wildman–Crippen MR) is 93.2 cm³/mol. The van der Waals surface area contributed by atoms with E-state index < -0.39 is 18.5 Å². The largest absolute Gasteiger partial charge is 0.490 e. The number of likely N-dealkylation sites (tertiary alicyclic amines) is 1. The molecule has 1 unspecified atom stereocenters. The summed E-state index contributed by atoms with van der Waals surface area (Å²) in [5.74, 6) is -1.17. The molecule has 8 nitrogen and oxygen atoms in total. The molecule has 2 amide bonds. The van der Waals surface area contributed by atoms with Crippen LogP contribution in [-0.2, 0) is 9.59 Å². The Labute approximate surface area is 151 Å². The Kier molecular flexibility index (Phi) is 6.82. The van der Waals surface area contributed by atoms with E-state index in [1.165, 1.54) is 6.07 Å². The summed E-state index contributed by atoms with van der Waals surface area (Å²) < 4.78 is 10.7. The highest BCUT2D eigenvalue weighted by molar-refractivity contribution is 5.95. The third kappa shape index (κ3) is 5.11. The molecule has 0 aliphatic carbocycles. The number of hydrogen-bond acceptors (Lipinski definition) is 5. The van der Waals surface area contributed by atoms with E-state index in [1.54, 1.807) is 24.0 Å². The molecule has 142 valence electrons. The monoisotopic (exact) mass is 364 g/mol. The predicted octanol–water partition coefficient (Wildman–Crippen LogP) is 1.42. The Balaban J connectivity index is 2.22. The molecule has 8 heteroatoms. The Morgan fingerprint density at radius 1 is 1.23 bits per heavy atom. The van der Waals surface area contributed by atoms with Gasteiger partial charge in [0.1, 0.15) is 0 Å². The Hall–Kier alpha value is -2.77. The van der Waals surface area contributed by atoms with Crippen LogP contribution in [-0.4, -0.2) is 53.6 Å². The first kappa shape index (κ1) is 19.6. The maximum atomic E-state index is 12.9. The fraction of sp³-hybridized carbons (Fsp3) is 0.500. The molecule has 3 N–H and O–H groups in total. The number of carbonyl (C=O) groups is 3. The summed E-state index contributed by atoms with van der Waals surface area (Å²) in [4.78, 5) is 36.6. The van der Waals surface area contributed by atoms with E-state index in [1.807, 2.05) is 0 Å². The first-order chi connectivity index (χ1) is 12.4. The number of nitrogens with zero attached hydrogens (tertiary/aromatic N) is 1. The quantitative estimate of drug-likeness (QED) is 0.720. The van der Waals surface area contributed by atoms with Crippen LogP contribution in [0.15, 0.2) is 18.2 Å². The van der Waals surface area contributed by atoms with Gasteiger partial charge < -0.3 is 25.2 Å². The molecular formula is C18H24N2O6. The van der Waals surface area contributed by atoms with Crippen LogP contribution in [0.2, 0.25) is 0 Å². The molecule has 1 saturated heterocycles. The van der Waals surface area contributed by atoms with Crippen molar-refractivity contribution in [3.05, 3.63) is 23.8 Å². The van der Waals surface area contributed by atoms with Gasteiger partial charge in [0.2, 0.25) is 5.91 Å². The van der Waals surface area contributed by atoms with E-state index in [9.17, 15) is 14.4 Å². The first-order valence-corrected chi connectivity index (χ1v) is 8.63. The summed E-state index contributed by atoms with van der Waals surface area (Å²) >= 11 is 0. The van der Waals surface area contributed by atoms with Gasteiger partial charge in [-0.3, -0.25) is 9.59 Å². The number of carbonyl (C=O) groups excluding carboxylic acids is 2. The minimum absolute atomic E-state index is 0.143. The second-order valence-electron chi connectivity index (χ2n) is 6.10. The zero-order chi connectivity index (χ0) is 19.1. The standard InChI is InChI=1S/C18H24N2O6/c1-2-25-15-9-12(6-7-14(15)26-11-17(22)23)18(24)20-8-4-3-5-13(20)10-16(19)21/h6-7,9,13H,2-5,8,10-11H2,1H3,(H2,19,21)(H,22,23). The summed E-state index contributed by atoms with van der Waals surface area (Å²) in [6.07, 6.45) is 2.71. The Morgan fingerprint density at radius 2 is 2.00 bits per heavy atom. The summed E-state index contributed by atoms with van der Waals surface area (Å²) in [5, 5.41) is 8.75. The van der Waals surface area contributed by atoms with Crippen LogP contribution >= 0.6 is 0 Å². The number of carboxylic acid groups (broad SMARTS) is 1. The van der Waals surface area contributed by atoms with Crippen molar-refractivity contribution in [2.24, 2.45) is 5.73 Å². The average Bonchev–Trinajstić information content (AvgIpc) is 2.60. The SMILES string of the molecule is CCOc1cc(C(=O)N2CCCCC2CC(N)=O)ccc1OCC(=O)O. The minimum atomic E-state index is -1.10. The number of rotatable bonds is 8. The number of ether oxygens (including phenoxy) is 2. The van der Waals surface area contributed by atoms with Crippen molar-refractivity contribution in [2.45, 2.75) is 38.6 Å². The molecular weight excluding hydrogens is 340 g/mol. The molecule has 1 aromatic carbocycles. The van der Waals surface area contributed by atoms with Crippen LogP contribution in [0.1, 0.15) is 43.0 Å². The van der Waals surface area contributed by atoms with Crippen LogP contribution in [0, 0.1) is 0 Å². The maximum absolute atomic E-state index is 12.9. The zero-order valence-electron chi connectivity index (χ0n) is 14.8. The van der Waals surface area contributed by atoms with E-state index in [2.05, 4.69) is 0 Å². The van der Waals surface area contributed by atoms with Crippen LogP contribution < -0.4 is 15.2 Å². The minimum Gasteiger partial charge on any atom is -0.490 e. The molecule has 0 aromatic heterocycles. The third-order valence-corrected chi connectivity index (χ3v) is 4.17. The number of benzene rings is 1. The highest BCUT2D eigenvalue weighted by Gasteiger charge is 2.29. The van der Waals surface area contributed by atoms with Crippen LogP contribution in [0.25, 0.3) is 0 Å². The lowest BCUT2D eigenvalue weighted by atomic mass is 9.98. The van der Waals surface area contributed by atoms with Crippen molar-refractivity contribution in [1.29, 1.82) is 0 Å². The fourth-order valence-electron chi connectivity index (χ4n) is 3.05. The van der Waals surface area contributed by atoms with Gasteiger partial charge >= 0.3 is 5.97 Å². The molecule has 0 bridgehead atoms. The molecule has 0 radical (unpaired) electrons. The smallest absolute Gasteiger partial charge is 0.341 e. The van der Waals surface area contributed by atoms with Gasteiger partial charge in [0.25, 0.3) is 5.91 Å². The lowest BCUT2D eigenvalue weighted by molar-refractivity contribution is -0.139. The number of aliphatic carboxylic acids is 1. The zero-order valence-corrected chi connectivity index (χ0v) is 14.8. The van der Waals surface area contributed by atoms with Crippen molar-refractivity contribution in [3.63, 3.8) is 0 Å². The second kappa shape index (κ2) is 9.07. The lowest BCUT2D eigenvalue weighted by Gasteiger charge is -2.35. The van der Waals surface area contributed by atoms with Crippen LogP contribution in [0.3, 0.4) is 0 Å². The van der Waals surface area contributed by atoms with Crippen LogP contribution in [0.4, 0.5) is 0 Å². The number of primary amides is 1. The summed E-state index contributed by atoms with van der Waals surface area (Å²) in [6.45, 7) is 2.19. The van der Waals surface area contributed by atoms with Gasteiger partial charge in [0.05, 0.1) is 6.61 Å². The molecule has 1 heterocycles. The average molecular weight is 364 g/mol. The fourth-order valence-corrected chi connectivity index (χ4v) is 3.05. The van der Waals surface area contributed by atoms with E-state index in [4.69, 9.17) is 20.3 Å². The van der Waals surface area contributed by atoms with Crippen molar-refractivity contribution in [3.8, 4) is 11.5 Å². The first-order valence-electron chi connectivity index (χ1n) is 8.63. The summed E-state index contributed by atoms with van der Waals surface area (Å²) in [7, 11) is 0. The highest BCUT2D eigenvalue weighted by atomic mass is 16.5. The molecule has 1 aromatic rings. The Morgan fingerprint density at radius 3 is 2.65 bits per heavy atom. The third-order valence-electron chi connectivity index (χ3n) is 4.17.